The zero-order valence-electron chi connectivity index (χ0n) is 11.1. The smallest absolute Gasteiger partial charge is 0.411 e. The van der Waals surface area contributed by atoms with E-state index in [0.717, 1.165) is 0 Å². The van der Waals surface area contributed by atoms with Crippen molar-refractivity contribution in [3.63, 3.8) is 0 Å². The first kappa shape index (κ1) is 13.9. The molecule has 0 aliphatic carbocycles. The van der Waals surface area contributed by atoms with Gasteiger partial charge in [-0.2, -0.15) is 0 Å². The molecular formula is C13H14N2O5. The summed E-state index contributed by atoms with van der Waals surface area (Å²) in [5.41, 5.74) is 0.437. The average Bonchev–Trinajstić information content (AvgIpc) is 2.78. The lowest BCUT2D eigenvalue weighted by atomic mass is 10.2. The van der Waals surface area contributed by atoms with Crippen molar-refractivity contribution in [2.45, 2.75) is 13.8 Å². The van der Waals surface area contributed by atoms with Crippen LogP contribution in [0.3, 0.4) is 0 Å². The molecule has 0 radical (unpaired) electrons. The van der Waals surface area contributed by atoms with Gasteiger partial charge in [0.05, 0.1) is 18.6 Å². The number of amides is 1. The van der Waals surface area contributed by atoms with Crippen molar-refractivity contribution in [1.82, 2.24) is 4.98 Å². The number of nitrogens with zero attached hydrogens (tertiary/aromatic N) is 1. The Morgan fingerprint density at radius 2 is 2.05 bits per heavy atom. The van der Waals surface area contributed by atoms with Crippen LogP contribution in [0.15, 0.2) is 22.7 Å². The highest BCUT2D eigenvalue weighted by atomic mass is 16.6. The molecule has 0 aliphatic rings. The number of anilines is 1. The SMILES string of the molecule is CCOC(=O)Nc1c(C(=O)OCC)oc2ncccc12. The average molecular weight is 278 g/mol. The van der Waals surface area contributed by atoms with Crippen molar-refractivity contribution in [3.8, 4) is 0 Å². The number of hydrogen-bond acceptors (Lipinski definition) is 6. The van der Waals surface area contributed by atoms with Gasteiger partial charge >= 0.3 is 12.1 Å². The summed E-state index contributed by atoms with van der Waals surface area (Å²) in [4.78, 5) is 27.4. The molecule has 0 saturated carbocycles. The Morgan fingerprint density at radius 3 is 2.75 bits per heavy atom. The molecule has 2 aromatic rings. The highest BCUT2D eigenvalue weighted by molar-refractivity contribution is 6.07. The minimum Gasteiger partial charge on any atom is -0.460 e. The predicted octanol–water partition coefficient (Wildman–Crippen LogP) is 2.57. The summed E-state index contributed by atoms with van der Waals surface area (Å²) in [7, 11) is 0. The lowest BCUT2D eigenvalue weighted by Crippen LogP contribution is -2.15. The van der Waals surface area contributed by atoms with Gasteiger partial charge in [0, 0.05) is 6.20 Å². The van der Waals surface area contributed by atoms with Crippen LogP contribution in [-0.4, -0.2) is 30.3 Å². The molecule has 0 spiro atoms. The molecule has 2 heterocycles. The number of hydrogen-bond donors (Lipinski definition) is 1. The number of ether oxygens (including phenoxy) is 2. The summed E-state index contributed by atoms with van der Waals surface area (Å²) in [5.74, 6) is -0.772. The molecule has 7 heteroatoms. The predicted molar refractivity (Wildman–Crippen MR) is 70.6 cm³/mol. The maximum Gasteiger partial charge on any atom is 0.411 e. The van der Waals surface area contributed by atoms with Gasteiger partial charge in [-0.05, 0) is 26.0 Å². The number of carbonyl (C=O) groups is 2. The highest BCUT2D eigenvalue weighted by Gasteiger charge is 2.24. The Hall–Kier alpha value is -2.57. The fourth-order valence-corrected chi connectivity index (χ4v) is 1.67. The number of rotatable bonds is 4. The van der Waals surface area contributed by atoms with E-state index >= 15 is 0 Å². The quantitative estimate of drug-likeness (QED) is 0.864. The molecule has 0 saturated heterocycles. The second kappa shape index (κ2) is 6.05. The van der Waals surface area contributed by atoms with Crippen LogP contribution in [0, 0.1) is 0 Å². The first-order valence-corrected chi connectivity index (χ1v) is 6.15. The first-order chi connectivity index (χ1) is 9.67. The normalized spacial score (nSPS) is 10.3. The monoisotopic (exact) mass is 278 g/mol. The molecule has 1 N–H and O–H groups in total. The van der Waals surface area contributed by atoms with Crippen LogP contribution in [0.4, 0.5) is 10.5 Å². The second-order valence-corrected chi connectivity index (χ2v) is 3.73. The molecule has 0 atom stereocenters. The number of fused-ring (bicyclic) bond motifs is 1. The lowest BCUT2D eigenvalue weighted by Gasteiger charge is -2.05. The number of pyridine rings is 1. The molecule has 2 rings (SSSR count). The Kier molecular flexibility index (Phi) is 4.19. The number of nitrogens with one attached hydrogen (secondary N) is 1. The number of furan rings is 1. The van der Waals surface area contributed by atoms with Gasteiger partial charge in [0.25, 0.3) is 0 Å². The van der Waals surface area contributed by atoms with Crippen molar-refractivity contribution in [2.24, 2.45) is 0 Å². The van der Waals surface area contributed by atoms with Crippen molar-refractivity contribution >= 4 is 28.8 Å². The largest absolute Gasteiger partial charge is 0.460 e. The van der Waals surface area contributed by atoms with E-state index in [-0.39, 0.29) is 30.4 Å². The van der Waals surface area contributed by atoms with Gasteiger partial charge in [-0.3, -0.25) is 5.32 Å². The third-order valence-corrected chi connectivity index (χ3v) is 2.43. The molecule has 2 aromatic heterocycles. The van der Waals surface area contributed by atoms with E-state index in [1.807, 2.05) is 0 Å². The van der Waals surface area contributed by atoms with Crippen molar-refractivity contribution in [3.05, 3.63) is 24.1 Å². The number of aromatic nitrogens is 1. The van der Waals surface area contributed by atoms with Crippen molar-refractivity contribution in [1.29, 1.82) is 0 Å². The fourth-order valence-electron chi connectivity index (χ4n) is 1.67. The van der Waals surface area contributed by atoms with Gasteiger partial charge < -0.3 is 13.9 Å². The van der Waals surface area contributed by atoms with E-state index in [0.29, 0.717) is 5.39 Å². The van der Waals surface area contributed by atoms with E-state index in [9.17, 15) is 9.59 Å². The Morgan fingerprint density at radius 1 is 1.30 bits per heavy atom. The number of carbonyl (C=O) groups excluding carboxylic acids is 2. The molecule has 106 valence electrons. The van der Waals surface area contributed by atoms with Gasteiger partial charge in [-0.1, -0.05) is 0 Å². The third-order valence-electron chi connectivity index (χ3n) is 2.43. The summed E-state index contributed by atoms with van der Waals surface area (Å²) in [6.45, 7) is 3.77. The number of esters is 1. The Balaban J connectivity index is 2.44. The van der Waals surface area contributed by atoms with E-state index in [1.165, 1.54) is 6.20 Å². The Labute approximate surface area is 114 Å². The van der Waals surface area contributed by atoms with Crippen LogP contribution < -0.4 is 5.32 Å². The molecular weight excluding hydrogens is 264 g/mol. The van der Waals surface area contributed by atoms with Gasteiger partial charge in [0.1, 0.15) is 5.69 Å². The van der Waals surface area contributed by atoms with Crippen LogP contribution in [0.5, 0.6) is 0 Å². The zero-order chi connectivity index (χ0) is 14.5. The van der Waals surface area contributed by atoms with E-state index in [4.69, 9.17) is 13.9 Å². The first-order valence-electron chi connectivity index (χ1n) is 6.15. The van der Waals surface area contributed by atoms with E-state index in [1.54, 1.807) is 26.0 Å². The molecule has 20 heavy (non-hydrogen) atoms. The fraction of sp³-hybridized carbons (Fsp3) is 0.308. The minimum atomic E-state index is -0.676. The molecule has 1 amide bonds. The third kappa shape index (κ3) is 2.71. The standard InChI is InChI=1S/C13H14N2O5/c1-3-18-12(16)10-9(15-13(17)19-4-2)8-6-5-7-14-11(8)20-10/h5-7H,3-4H2,1-2H3,(H,15,17). The maximum absolute atomic E-state index is 11.8. The highest BCUT2D eigenvalue weighted by Crippen LogP contribution is 2.30. The molecule has 0 unspecified atom stereocenters. The van der Waals surface area contributed by atoms with Crippen molar-refractivity contribution < 1.29 is 23.5 Å². The molecule has 0 bridgehead atoms. The van der Waals surface area contributed by atoms with Crippen molar-refractivity contribution in [2.75, 3.05) is 18.5 Å². The van der Waals surface area contributed by atoms with Gasteiger partial charge in [0.15, 0.2) is 0 Å². The zero-order valence-corrected chi connectivity index (χ0v) is 11.1. The van der Waals surface area contributed by atoms with Gasteiger partial charge in [-0.25, -0.2) is 14.6 Å². The molecule has 0 fully saturated rings. The summed E-state index contributed by atoms with van der Waals surface area (Å²) in [5, 5.41) is 2.98. The molecule has 0 aromatic carbocycles. The minimum absolute atomic E-state index is 0.103. The second-order valence-electron chi connectivity index (χ2n) is 3.73. The van der Waals surface area contributed by atoms with Gasteiger partial charge in [0.2, 0.25) is 11.5 Å². The Bertz CT molecular complexity index is 635. The van der Waals surface area contributed by atoms with Crippen LogP contribution in [-0.2, 0) is 9.47 Å². The van der Waals surface area contributed by atoms with Crippen LogP contribution in [0.25, 0.3) is 11.1 Å². The molecule has 7 nitrogen and oxygen atoms in total. The van der Waals surface area contributed by atoms with Crippen LogP contribution in [0.1, 0.15) is 24.4 Å². The van der Waals surface area contributed by atoms with E-state index < -0.39 is 12.1 Å². The maximum atomic E-state index is 11.8. The summed E-state index contributed by atoms with van der Waals surface area (Å²) < 4.78 is 15.0. The van der Waals surface area contributed by atoms with Crippen LogP contribution >= 0.6 is 0 Å². The summed E-state index contributed by atoms with van der Waals surface area (Å²) in [6.07, 6.45) is 0.846. The topological polar surface area (TPSA) is 90.7 Å². The van der Waals surface area contributed by atoms with Gasteiger partial charge in [-0.15, -0.1) is 0 Å². The summed E-state index contributed by atoms with van der Waals surface area (Å²) in [6, 6.07) is 3.35. The lowest BCUT2D eigenvalue weighted by molar-refractivity contribution is 0.0494. The molecule has 0 aliphatic heterocycles. The summed E-state index contributed by atoms with van der Waals surface area (Å²) >= 11 is 0. The van der Waals surface area contributed by atoms with Crippen LogP contribution in [0.2, 0.25) is 0 Å². The van der Waals surface area contributed by atoms with E-state index in [2.05, 4.69) is 10.3 Å².